The van der Waals surface area contributed by atoms with Crippen LogP contribution in [0.1, 0.15) is 33.3 Å². The van der Waals surface area contributed by atoms with Gasteiger partial charge >= 0.3 is 11.9 Å². The van der Waals surface area contributed by atoms with Crippen LogP contribution in [-0.4, -0.2) is 52.8 Å². The minimum atomic E-state index is -0.572. The van der Waals surface area contributed by atoms with Crippen molar-refractivity contribution in [2.75, 3.05) is 25.0 Å². The van der Waals surface area contributed by atoms with E-state index in [9.17, 15) is 14.4 Å². The number of rotatable bonds is 11. The molecule has 1 aromatic heterocycles. The predicted octanol–water partition coefficient (Wildman–Crippen LogP) is 2.41. The van der Waals surface area contributed by atoms with Gasteiger partial charge in [0.2, 0.25) is 0 Å². The van der Waals surface area contributed by atoms with E-state index in [1.54, 1.807) is 27.7 Å². The van der Waals surface area contributed by atoms with Crippen LogP contribution in [0.2, 0.25) is 5.15 Å². The number of hydrogen-bond donors (Lipinski definition) is 2. The van der Waals surface area contributed by atoms with Crippen molar-refractivity contribution in [2.24, 2.45) is 0 Å². The van der Waals surface area contributed by atoms with Crippen LogP contribution in [0.15, 0.2) is 41.3 Å². The number of benzene rings is 1. The lowest BCUT2D eigenvalue weighted by molar-refractivity contribution is -0.153. The van der Waals surface area contributed by atoms with E-state index < -0.39 is 17.1 Å². The van der Waals surface area contributed by atoms with E-state index in [2.05, 4.69) is 15.6 Å². The predicted molar refractivity (Wildman–Crippen MR) is 126 cm³/mol. The maximum atomic E-state index is 12.9. The molecule has 1 atom stereocenters. The molecule has 1 heterocycles. The first kappa shape index (κ1) is 26.3. The van der Waals surface area contributed by atoms with Gasteiger partial charge in [-0.1, -0.05) is 41.9 Å². The average molecular weight is 479 g/mol. The third-order valence-electron chi connectivity index (χ3n) is 4.34. The van der Waals surface area contributed by atoms with Gasteiger partial charge in [-0.15, -0.1) is 0 Å². The van der Waals surface area contributed by atoms with E-state index in [0.29, 0.717) is 13.0 Å². The molecule has 9 nitrogen and oxygen atoms in total. The number of carbonyl (C=O) groups excluding carboxylic acids is 2. The van der Waals surface area contributed by atoms with Crippen LogP contribution in [0.3, 0.4) is 0 Å². The Labute approximate surface area is 198 Å². The fourth-order valence-electron chi connectivity index (χ4n) is 3.04. The van der Waals surface area contributed by atoms with E-state index in [-0.39, 0.29) is 42.7 Å². The number of nitrogens with one attached hydrogen (secondary N) is 2. The Morgan fingerprint density at radius 2 is 1.88 bits per heavy atom. The van der Waals surface area contributed by atoms with Crippen molar-refractivity contribution >= 4 is 29.4 Å². The normalized spacial score (nSPS) is 12.2. The first-order valence-electron chi connectivity index (χ1n) is 10.7. The molecule has 0 aliphatic rings. The van der Waals surface area contributed by atoms with Crippen LogP contribution >= 0.6 is 11.6 Å². The molecule has 2 rings (SSSR count). The third-order valence-corrected chi connectivity index (χ3v) is 4.65. The molecular formula is C23H31ClN4O5. The maximum absolute atomic E-state index is 12.9. The number of anilines is 1. The van der Waals surface area contributed by atoms with Crippen molar-refractivity contribution in [1.82, 2.24) is 14.9 Å². The minimum Gasteiger partial charge on any atom is -0.465 e. The highest BCUT2D eigenvalue weighted by Crippen LogP contribution is 2.11. The van der Waals surface area contributed by atoms with Gasteiger partial charge in [0.1, 0.15) is 17.3 Å². The monoisotopic (exact) mass is 478 g/mol. The van der Waals surface area contributed by atoms with Crippen LogP contribution < -0.4 is 16.2 Å². The quantitative estimate of drug-likeness (QED) is 0.473. The Morgan fingerprint density at radius 1 is 1.18 bits per heavy atom. The molecule has 0 saturated carbocycles. The van der Waals surface area contributed by atoms with E-state index in [0.717, 1.165) is 10.1 Å². The fourth-order valence-corrected chi connectivity index (χ4v) is 3.23. The molecule has 2 aromatic rings. The highest BCUT2D eigenvalue weighted by Gasteiger charge is 2.19. The van der Waals surface area contributed by atoms with Crippen LogP contribution in [0.5, 0.6) is 0 Å². The second kappa shape index (κ2) is 12.4. The second-order valence-electron chi connectivity index (χ2n) is 8.37. The summed E-state index contributed by atoms with van der Waals surface area (Å²) in [6, 6.07) is 9.42. The molecule has 0 saturated heterocycles. The highest BCUT2D eigenvalue weighted by atomic mass is 35.5. The number of carbonyl (C=O) groups is 2. The standard InChI is InChI=1S/C23H31ClN4O5/c1-5-32-20(30)15-28-18(24)13-26-21(22(28)31)27-17(11-16-9-7-6-8-10-16)12-25-14-19(29)33-23(2,3)4/h6-10,13,17,25H,5,11-12,14-15H2,1-4H3,(H,26,27)/t17-/m0/s1. The smallest absolute Gasteiger partial charge is 0.326 e. The van der Waals surface area contributed by atoms with Gasteiger partial charge in [-0.3, -0.25) is 19.0 Å². The Bertz CT molecular complexity index is 989. The van der Waals surface area contributed by atoms with Crippen molar-refractivity contribution in [3.63, 3.8) is 0 Å². The number of aromatic nitrogens is 2. The van der Waals surface area contributed by atoms with E-state index in [1.165, 1.54) is 6.20 Å². The molecule has 0 amide bonds. The molecule has 0 bridgehead atoms. The minimum absolute atomic E-state index is 0.0192. The van der Waals surface area contributed by atoms with Gasteiger partial charge in [-0.25, -0.2) is 4.98 Å². The second-order valence-corrected chi connectivity index (χ2v) is 8.76. The summed E-state index contributed by atoms with van der Waals surface area (Å²) in [5, 5.41) is 6.22. The molecule has 0 fully saturated rings. The largest absolute Gasteiger partial charge is 0.465 e. The lowest BCUT2D eigenvalue weighted by atomic mass is 10.1. The van der Waals surface area contributed by atoms with Gasteiger partial charge in [0.25, 0.3) is 5.56 Å². The molecule has 33 heavy (non-hydrogen) atoms. The van der Waals surface area contributed by atoms with Crippen LogP contribution in [0.25, 0.3) is 0 Å². The molecule has 1 aromatic carbocycles. The number of ether oxygens (including phenoxy) is 2. The summed E-state index contributed by atoms with van der Waals surface area (Å²) < 4.78 is 11.3. The van der Waals surface area contributed by atoms with Crippen LogP contribution in [-0.2, 0) is 32.0 Å². The van der Waals surface area contributed by atoms with Gasteiger partial charge < -0.3 is 20.1 Å². The zero-order valence-electron chi connectivity index (χ0n) is 19.4. The maximum Gasteiger partial charge on any atom is 0.326 e. The van der Waals surface area contributed by atoms with Crippen molar-refractivity contribution in [2.45, 2.75) is 52.3 Å². The molecule has 0 aliphatic carbocycles. The van der Waals surface area contributed by atoms with Gasteiger partial charge in [0.15, 0.2) is 5.82 Å². The van der Waals surface area contributed by atoms with E-state index in [4.69, 9.17) is 21.1 Å². The molecule has 0 radical (unpaired) electrons. The van der Waals surface area contributed by atoms with E-state index in [1.807, 2.05) is 30.3 Å². The van der Waals surface area contributed by atoms with Crippen LogP contribution in [0.4, 0.5) is 5.82 Å². The molecule has 180 valence electrons. The van der Waals surface area contributed by atoms with Gasteiger partial charge in [0, 0.05) is 12.6 Å². The van der Waals surface area contributed by atoms with Crippen molar-refractivity contribution in [1.29, 1.82) is 0 Å². The molecule has 2 N–H and O–H groups in total. The summed E-state index contributed by atoms with van der Waals surface area (Å²) >= 11 is 6.08. The Morgan fingerprint density at radius 3 is 2.52 bits per heavy atom. The van der Waals surface area contributed by atoms with Gasteiger partial charge in [-0.2, -0.15) is 0 Å². The third kappa shape index (κ3) is 9.23. The average Bonchev–Trinajstić information content (AvgIpc) is 2.72. The van der Waals surface area contributed by atoms with E-state index >= 15 is 0 Å². The Balaban J connectivity index is 2.16. The number of nitrogens with zero attached hydrogens (tertiary/aromatic N) is 2. The Kier molecular flexibility index (Phi) is 9.87. The molecule has 0 spiro atoms. The first-order valence-corrected chi connectivity index (χ1v) is 11.1. The van der Waals surface area contributed by atoms with Crippen molar-refractivity contribution in [3.8, 4) is 0 Å². The van der Waals surface area contributed by atoms with Crippen LogP contribution in [0, 0.1) is 0 Å². The molecule has 10 heteroatoms. The number of esters is 2. The molecular weight excluding hydrogens is 448 g/mol. The van der Waals surface area contributed by atoms with Gasteiger partial charge in [0.05, 0.1) is 19.3 Å². The lowest BCUT2D eigenvalue weighted by Crippen LogP contribution is -2.40. The van der Waals surface area contributed by atoms with Crippen molar-refractivity contribution in [3.05, 3.63) is 57.6 Å². The first-order chi connectivity index (χ1) is 15.6. The molecule has 0 aliphatic heterocycles. The fraction of sp³-hybridized carbons (Fsp3) is 0.478. The zero-order valence-corrected chi connectivity index (χ0v) is 20.1. The summed E-state index contributed by atoms with van der Waals surface area (Å²) in [6.07, 6.45) is 1.86. The summed E-state index contributed by atoms with van der Waals surface area (Å²) in [7, 11) is 0. The summed E-state index contributed by atoms with van der Waals surface area (Å²) in [5.74, 6) is -0.899. The summed E-state index contributed by atoms with van der Waals surface area (Å²) in [6.45, 7) is 7.35. The van der Waals surface area contributed by atoms with Gasteiger partial charge in [-0.05, 0) is 39.7 Å². The SMILES string of the molecule is CCOC(=O)Cn1c(Cl)cnc(N[C@H](CNCC(=O)OC(C)(C)C)Cc2ccccc2)c1=O. The number of halogens is 1. The lowest BCUT2D eigenvalue weighted by Gasteiger charge is -2.22. The highest BCUT2D eigenvalue weighted by molar-refractivity contribution is 6.29. The summed E-state index contributed by atoms with van der Waals surface area (Å²) in [5.41, 5.74) is -0.0758. The van der Waals surface area contributed by atoms with Crippen molar-refractivity contribution < 1.29 is 19.1 Å². The number of hydrogen-bond acceptors (Lipinski definition) is 8. The summed E-state index contributed by atoms with van der Waals surface area (Å²) in [4.78, 5) is 40.9. The topological polar surface area (TPSA) is 112 Å². The molecule has 0 unspecified atom stereocenters. The zero-order chi connectivity index (χ0) is 24.4. The Hall–Kier alpha value is -2.91.